The van der Waals surface area contributed by atoms with Gasteiger partial charge in [0.25, 0.3) is 0 Å². The zero-order chi connectivity index (χ0) is 13.8. The number of benzene rings is 1. The minimum absolute atomic E-state index is 0.0804. The first-order valence-electron chi connectivity index (χ1n) is 6.92. The highest BCUT2D eigenvalue weighted by Gasteiger charge is 2.20. The highest BCUT2D eigenvalue weighted by Crippen LogP contribution is 2.30. The van der Waals surface area contributed by atoms with Crippen LogP contribution in [0.2, 0.25) is 0 Å². The smallest absolute Gasteiger partial charge is 0.224 e. The Bertz CT molecular complexity index is 473. The van der Waals surface area contributed by atoms with E-state index < -0.39 is 11.9 Å². The van der Waals surface area contributed by atoms with E-state index in [1.165, 1.54) is 6.07 Å². The summed E-state index contributed by atoms with van der Waals surface area (Å²) in [7, 11) is 0. The van der Waals surface area contributed by atoms with Gasteiger partial charge in [-0.15, -0.1) is 0 Å². The second-order valence-electron chi connectivity index (χ2n) is 5.09. The molecule has 1 amide bonds. The Morgan fingerprint density at radius 2 is 2.16 bits per heavy atom. The molecule has 1 aromatic carbocycles. The van der Waals surface area contributed by atoms with Gasteiger partial charge < -0.3 is 10.4 Å². The molecule has 1 aromatic rings. The number of carbonyl (C=O) groups is 1. The number of fused-ring (bicyclic) bond motifs is 1. The summed E-state index contributed by atoms with van der Waals surface area (Å²) in [6, 6.07) is 3.02. The molecule has 1 aliphatic heterocycles. The normalized spacial score (nSPS) is 15.8. The molecule has 0 fully saturated rings. The number of unbranched alkanes of at least 4 members (excludes halogenated alkanes) is 2. The number of carbonyl (C=O) groups excluding carboxylic acids is 1. The number of hydrogen-bond acceptors (Lipinski definition) is 2. The van der Waals surface area contributed by atoms with Gasteiger partial charge in [0.1, 0.15) is 5.82 Å². The van der Waals surface area contributed by atoms with Crippen molar-refractivity contribution < 1.29 is 14.3 Å². The van der Waals surface area contributed by atoms with Gasteiger partial charge in [0, 0.05) is 17.7 Å². The van der Waals surface area contributed by atoms with Crippen LogP contribution in [-0.4, -0.2) is 11.0 Å². The lowest BCUT2D eigenvalue weighted by molar-refractivity contribution is -0.116. The lowest BCUT2D eigenvalue weighted by Crippen LogP contribution is -2.19. The van der Waals surface area contributed by atoms with Crippen molar-refractivity contribution in [3.63, 3.8) is 0 Å². The van der Waals surface area contributed by atoms with Crippen molar-refractivity contribution in [2.75, 3.05) is 5.32 Å². The fourth-order valence-corrected chi connectivity index (χ4v) is 2.42. The van der Waals surface area contributed by atoms with Gasteiger partial charge in [0.05, 0.1) is 6.10 Å². The van der Waals surface area contributed by atoms with E-state index in [0.29, 0.717) is 30.5 Å². The number of aryl methyl sites for hydroxylation is 1. The summed E-state index contributed by atoms with van der Waals surface area (Å²) in [6.07, 6.45) is 3.86. The number of amides is 1. The van der Waals surface area contributed by atoms with Crippen LogP contribution < -0.4 is 5.32 Å². The largest absolute Gasteiger partial charge is 0.388 e. The Morgan fingerprint density at radius 3 is 2.89 bits per heavy atom. The maximum atomic E-state index is 14.0. The van der Waals surface area contributed by atoms with Gasteiger partial charge in [0.2, 0.25) is 5.91 Å². The van der Waals surface area contributed by atoms with Crippen LogP contribution in [0.3, 0.4) is 0 Å². The lowest BCUT2D eigenvalue weighted by Gasteiger charge is -2.20. The Hall–Kier alpha value is -1.42. The van der Waals surface area contributed by atoms with Crippen molar-refractivity contribution in [1.29, 1.82) is 0 Å². The molecule has 104 valence electrons. The minimum atomic E-state index is -0.755. The van der Waals surface area contributed by atoms with Gasteiger partial charge in [-0.1, -0.05) is 26.2 Å². The van der Waals surface area contributed by atoms with E-state index >= 15 is 0 Å². The number of nitrogens with one attached hydrogen (secondary N) is 1. The van der Waals surface area contributed by atoms with Gasteiger partial charge in [-0.05, 0) is 30.5 Å². The number of aliphatic hydroxyl groups excluding tert-OH is 1. The average Bonchev–Trinajstić information content (AvgIpc) is 2.38. The summed E-state index contributed by atoms with van der Waals surface area (Å²) in [5, 5.41) is 12.7. The summed E-state index contributed by atoms with van der Waals surface area (Å²) >= 11 is 0. The molecular weight excluding hydrogens is 245 g/mol. The monoisotopic (exact) mass is 265 g/mol. The quantitative estimate of drug-likeness (QED) is 0.802. The Kier molecular flexibility index (Phi) is 4.53. The molecule has 4 heteroatoms. The third-order valence-electron chi connectivity index (χ3n) is 3.56. The number of hydrogen-bond donors (Lipinski definition) is 2. The summed E-state index contributed by atoms with van der Waals surface area (Å²) in [4.78, 5) is 11.2. The highest BCUT2D eigenvalue weighted by atomic mass is 19.1. The van der Waals surface area contributed by atoms with Gasteiger partial charge in [0.15, 0.2) is 0 Å². The van der Waals surface area contributed by atoms with Crippen LogP contribution in [0, 0.1) is 5.82 Å². The fraction of sp³-hybridized carbons (Fsp3) is 0.533. The Labute approximate surface area is 112 Å². The maximum Gasteiger partial charge on any atom is 0.224 e. The summed E-state index contributed by atoms with van der Waals surface area (Å²) < 4.78 is 14.0. The van der Waals surface area contributed by atoms with Crippen LogP contribution in [0.15, 0.2) is 12.1 Å². The molecule has 0 radical (unpaired) electrons. The number of aliphatic hydroxyl groups is 1. The van der Waals surface area contributed by atoms with Gasteiger partial charge in [-0.25, -0.2) is 4.39 Å². The van der Waals surface area contributed by atoms with Crippen molar-refractivity contribution in [2.45, 2.75) is 51.6 Å². The second kappa shape index (κ2) is 6.15. The molecule has 0 spiro atoms. The molecule has 1 aliphatic rings. The zero-order valence-corrected chi connectivity index (χ0v) is 11.2. The molecule has 0 aromatic heterocycles. The van der Waals surface area contributed by atoms with E-state index in [2.05, 4.69) is 12.2 Å². The first-order valence-corrected chi connectivity index (χ1v) is 6.92. The summed E-state index contributed by atoms with van der Waals surface area (Å²) in [5.41, 5.74) is 1.80. The zero-order valence-electron chi connectivity index (χ0n) is 11.2. The predicted octanol–water partition coefficient (Wildman–Crippen LogP) is 3.32. The van der Waals surface area contributed by atoms with Crippen molar-refractivity contribution >= 4 is 11.6 Å². The molecule has 3 nitrogen and oxygen atoms in total. The number of rotatable bonds is 5. The predicted molar refractivity (Wildman–Crippen MR) is 72.5 cm³/mol. The molecule has 0 saturated heterocycles. The maximum absolute atomic E-state index is 14.0. The third-order valence-corrected chi connectivity index (χ3v) is 3.56. The second-order valence-corrected chi connectivity index (χ2v) is 5.09. The van der Waals surface area contributed by atoms with Gasteiger partial charge in [-0.2, -0.15) is 0 Å². The molecule has 0 aliphatic carbocycles. The van der Waals surface area contributed by atoms with E-state index in [-0.39, 0.29) is 5.91 Å². The van der Waals surface area contributed by atoms with Crippen LogP contribution in [0.5, 0.6) is 0 Å². The molecule has 0 saturated carbocycles. The van der Waals surface area contributed by atoms with Crippen molar-refractivity contribution in [2.24, 2.45) is 0 Å². The van der Waals surface area contributed by atoms with E-state index in [0.717, 1.165) is 24.8 Å². The van der Waals surface area contributed by atoms with E-state index in [4.69, 9.17) is 0 Å². The Morgan fingerprint density at radius 1 is 1.37 bits per heavy atom. The standard InChI is InChI=1S/C15H20FNO2/c1-2-3-4-5-14(18)11-8-10-6-7-15(19)17-13(10)9-12(11)16/h8-9,14,18H,2-7H2,1H3,(H,17,19). The first-order chi connectivity index (χ1) is 9.11. The van der Waals surface area contributed by atoms with Crippen molar-refractivity contribution in [3.05, 3.63) is 29.1 Å². The number of halogens is 1. The lowest BCUT2D eigenvalue weighted by atomic mass is 9.95. The van der Waals surface area contributed by atoms with Crippen LogP contribution in [0.4, 0.5) is 10.1 Å². The number of anilines is 1. The van der Waals surface area contributed by atoms with Gasteiger partial charge in [-0.3, -0.25) is 4.79 Å². The molecule has 2 N–H and O–H groups in total. The fourth-order valence-electron chi connectivity index (χ4n) is 2.42. The van der Waals surface area contributed by atoms with E-state index in [9.17, 15) is 14.3 Å². The molecule has 1 atom stereocenters. The average molecular weight is 265 g/mol. The molecule has 19 heavy (non-hydrogen) atoms. The molecule has 2 rings (SSSR count). The van der Waals surface area contributed by atoms with Crippen LogP contribution in [0.1, 0.15) is 56.3 Å². The SMILES string of the molecule is CCCCCC(O)c1cc2c(cc1F)NC(=O)CC2. The molecular formula is C15H20FNO2. The van der Waals surface area contributed by atoms with Crippen LogP contribution >= 0.6 is 0 Å². The summed E-state index contributed by atoms with van der Waals surface area (Å²) in [6.45, 7) is 2.09. The van der Waals surface area contributed by atoms with Crippen molar-refractivity contribution in [3.8, 4) is 0 Å². The van der Waals surface area contributed by atoms with E-state index in [1.807, 2.05) is 0 Å². The first kappa shape index (κ1) is 14.0. The Balaban J connectivity index is 2.15. The third kappa shape index (κ3) is 3.32. The van der Waals surface area contributed by atoms with Gasteiger partial charge >= 0.3 is 0 Å². The molecule has 0 bridgehead atoms. The van der Waals surface area contributed by atoms with Crippen LogP contribution in [-0.2, 0) is 11.2 Å². The van der Waals surface area contributed by atoms with Crippen molar-refractivity contribution in [1.82, 2.24) is 0 Å². The van der Waals surface area contributed by atoms with E-state index in [1.54, 1.807) is 6.07 Å². The molecule has 1 unspecified atom stereocenters. The highest BCUT2D eigenvalue weighted by molar-refractivity contribution is 5.93. The van der Waals surface area contributed by atoms with Crippen LogP contribution in [0.25, 0.3) is 0 Å². The topological polar surface area (TPSA) is 49.3 Å². The molecule has 1 heterocycles. The minimum Gasteiger partial charge on any atom is -0.388 e. The summed E-state index contributed by atoms with van der Waals surface area (Å²) in [5.74, 6) is -0.520.